The summed E-state index contributed by atoms with van der Waals surface area (Å²) in [6, 6.07) is 1.88. The molecule has 4 heteroatoms. The molecule has 0 aromatic heterocycles. The van der Waals surface area contributed by atoms with E-state index in [0.717, 1.165) is 18.0 Å². The van der Waals surface area contributed by atoms with Crippen molar-refractivity contribution in [2.45, 2.75) is 83.2 Å². The van der Waals surface area contributed by atoms with Crippen LogP contribution in [0.2, 0.25) is 6.04 Å². The molecule has 0 aromatic carbocycles. The van der Waals surface area contributed by atoms with Crippen molar-refractivity contribution in [2.24, 2.45) is 5.92 Å². The molecule has 1 heterocycles. The highest BCUT2D eigenvalue weighted by molar-refractivity contribution is 6.64. The van der Waals surface area contributed by atoms with E-state index in [4.69, 9.17) is 8.85 Å². The molecule has 0 bridgehead atoms. The fourth-order valence-electron chi connectivity index (χ4n) is 4.49. The third kappa shape index (κ3) is 4.09. The second-order valence-corrected chi connectivity index (χ2v) is 10.2. The molecule has 2 atom stereocenters. The molecule has 0 aromatic rings. The van der Waals surface area contributed by atoms with E-state index in [-0.39, 0.29) is 0 Å². The van der Waals surface area contributed by atoms with Gasteiger partial charge in [-0.25, -0.2) is 0 Å². The van der Waals surface area contributed by atoms with Gasteiger partial charge in [-0.05, 0) is 44.6 Å². The summed E-state index contributed by atoms with van der Waals surface area (Å²) in [4.78, 5) is 0. The Hall–Kier alpha value is 0.0969. The summed E-state index contributed by atoms with van der Waals surface area (Å²) >= 11 is 0. The Balaban J connectivity index is 2.03. The van der Waals surface area contributed by atoms with Crippen molar-refractivity contribution < 1.29 is 8.85 Å². The predicted molar refractivity (Wildman–Crippen MR) is 90.4 cm³/mol. The van der Waals surface area contributed by atoms with E-state index >= 15 is 0 Å². The van der Waals surface area contributed by atoms with Crippen LogP contribution in [0, 0.1) is 5.92 Å². The lowest BCUT2D eigenvalue weighted by molar-refractivity contribution is 0.0595. The van der Waals surface area contributed by atoms with E-state index in [2.05, 4.69) is 11.5 Å². The lowest BCUT2D eigenvalue weighted by atomic mass is 9.79. The van der Waals surface area contributed by atoms with Crippen LogP contribution in [-0.2, 0) is 8.85 Å². The van der Waals surface area contributed by atoms with Gasteiger partial charge in [0, 0.05) is 26.3 Å². The number of rotatable bonds is 8. The molecule has 21 heavy (non-hydrogen) atoms. The fraction of sp³-hybridized carbons (Fsp3) is 1.00. The lowest BCUT2D eigenvalue weighted by Crippen LogP contribution is -2.64. The van der Waals surface area contributed by atoms with Crippen molar-refractivity contribution in [3.63, 3.8) is 0 Å². The molecule has 2 fully saturated rings. The van der Waals surface area contributed by atoms with E-state index in [1.807, 2.05) is 14.2 Å². The minimum atomic E-state index is -2.17. The van der Waals surface area contributed by atoms with Gasteiger partial charge in [0.2, 0.25) is 0 Å². The molecule has 2 rings (SSSR count). The molecule has 124 valence electrons. The van der Waals surface area contributed by atoms with Gasteiger partial charge in [0.05, 0.1) is 0 Å². The third-order valence-corrected chi connectivity index (χ3v) is 9.36. The second-order valence-electron chi connectivity index (χ2n) is 6.88. The molecule has 0 radical (unpaired) electrons. The predicted octanol–water partition coefficient (Wildman–Crippen LogP) is 4.45. The van der Waals surface area contributed by atoms with Gasteiger partial charge in [-0.3, -0.25) is 4.57 Å². The quantitative estimate of drug-likeness (QED) is 0.488. The summed E-state index contributed by atoms with van der Waals surface area (Å²) in [5.41, 5.74) is 0. The van der Waals surface area contributed by atoms with E-state index in [9.17, 15) is 0 Å². The standard InChI is InChI=1S/C17H35NO2Si/c1-4-5-6-9-15-21(19-2,20-3)18-14-10-12-16-11-7-8-13-17(16)18/h16-17H,4-15H2,1-3H3. The minimum absolute atomic E-state index is 0.741. The van der Waals surface area contributed by atoms with E-state index in [1.165, 1.54) is 70.8 Å². The van der Waals surface area contributed by atoms with Gasteiger partial charge < -0.3 is 8.85 Å². The van der Waals surface area contributed by atoms with Crippen molar-refractivity contribution in [3.8, 4) is 0 Å². The van der Waals surface area contributed by atoms with E-state index in [0.29, 0.717) is 0 Å². The van der Waals surface area contributed by atoms with Gasteiger partial charge in [-0.1, -0.05) is 39.0 Å². The van der Waals surface area contributed by atoms with Crippen LogP contribution in [0.25, 0.3) is 0 Å². The summed E-state index contributed by atoms with van der Waals surface area (Å²) in [6.45, 7) is 3.47. The normalized spacial score (nSPS) is 27.6. The van der Waals surface area contributed by atoms with Gasteiger partial charge in [0.25, 0.3) is 0 Å². The van der Waals surface area contributed by atoms with Crippen LogP contribution in [0.5, 0.6) is 0 Å². The van der Waals surface area contributed by atoms with Gasteiger partial charge in [-0.15, -0.1) is 0 Å². The maximum Gasteiger partial charge on any atom is 0.427 e. The van der Waals surface area contributed by atoms with Gasteiger partial charge in [0.15, 0.2) is 0 Å². The van der Waals surface area contributed by atoms with E-state index < -0.39 is 8.72 Å². The fourth-order valence-corrected chi connectivity index (χ4v) is 7.86. The van der Waals surface area contributed by atoms with Crippen LogP contribution < -0.4 is 0 Å². The summed E-state index contributed by atoms with van der Waals surface area (Å²) in [5, 5.41) is 0. The Bertz CT molecular complexity index is 295. The van der Waals surface area contributed by atoms with Gasteiger partial charge >= 0.3 is 8.72 Å². The Morgan fingerprint density at radius 1 is 0.952 bits per heavy atom. The second kappa shape index (κ2) is 8.66. The number of fused-ring (bicyclic) bond motifs is 1. The molecule has 2 unspecified atom stereocenters. The maximum absolute atomic E-state index is 6.10. The Morgan fingerprint density at radius 3 is 2.38 bits per heavy atom. The van der Waals surface area contributed by atoms with Crippen LogP contribution in [0.15, 0.2) is 0 Å². The first kappa shape index (κ1) is 17.5. The van der Waals surface area contributed by atoms with Crippen LogP contribution in [0.3, 0.4) is 0 Å². The molecule has 0 amide bonds. The smallest absolute Gasteiger partial charge is 0.386 e. The van der Waals surface area contributed by atoms with Crippen molar-refractivity contribution in [2.75, 3.05) is 20.8 Å². The van der Waals surface area contributed by atoms with Crippen molar-refractivity contribution >= 4 is 8.72 Å². The number of hydrogen-bond donors (Lipinski definition) is 0. The Labute approximate surface area is 132 Å². The van der Waals surface area contributed by atoms with E-state index in [1.54, 1.807) is 0 Å². The Morgan fingerprint density at radius 2 is 1.67 bits per heavy atom. The highest BCUT2D eigenvalue weighted by Crippen LogP contribution is 2.39. The summed E-state index contributed by atoms with van der Waals surface area (Å²) < 4.78 is 14.9. The van der Waals surface area contributed by atoms with Crippen LogP contribution in [-0.4, -0.2) is 40.1 Å². The molecular weight excluding hydrogens is 278 g/mol. The molecule has 1 saturated heterocycles. The Kier molecular flexibility index (Phi) is 7.19. The molecule has 0 spiro atoms. The highest BCUT2D eigenvalue weighted by atomic mass is 28.4. The van der Waals surface area contributed by atoms with Gasteiger partial charge in [0.1, 0.15) is 0 Å². The molecule has 2 aliphatic rings. The van der Waals surface area contributed by atoms with Crippen molar-refractivity contribution in [1.29, 1.82) is 0 Å². The molecule has 0 N–H and O–H groups in total. The first-order valence-corrected chi connectivity index (χ1v) is 11.1. The van der Waals surface area contributed by atoms with Crippen molar-refractivity contribution in [1.82, 2.24) is 4.57 Å². The van der Waals surface area contributed by atoms with Crippen LogP contribution in [0.1, 0.15) is 71.1 Å². The zero-order valence-corrected chi connectivity index (χ0v) is 15.4. The zero-order chi connectivity index (χ0) is 15.1. The largest absolute Gasteiger partial charge is 0.427 e. The number of unbranched alkanes of at least 4 members (excludes halogenated alkanes) is 3. The number of piperidine rings is 1. The average molecular weight is 314 g/mol. The number of nitrogens with zero attached hydrogens (tertiary/aromatic N) is 1. The maximum atomic E-state index is 6.10. The molecule has 1 saturated carbocycles. The van der Waals surface area contributed by atoms with Gasteiger partial charge in [-0.2, -0.15) is 0 Å². The summed E-state index contributed by atoms with van der Waals surface area (Å²) in [7, 11) is 1.61. The first-order chi connectivity index (χ1) is 10.3. The molecule has 1 aliphatic carbocycles. The average Bonchev–Trinajstić information content (AvgIpc) is 2.55. The topological polar surface area (TPSA) is 21.7 Å². The highest BCUT2D eigenvalue weighted by Gasteiger charge is 2.49. The molecule has 1 aliphatic heterocycles. The van der Waals surface area contributed by atoms with Crippen LogP contribution in [0.4, 0.5) is 0 Å². The molecular formula is C17H35NO2Si. The summed E-state index contributed by atoms with van der Waals surface area (Å²) in [6.07, 6.45) is 13.6. The zero-order valence-electron chi connectivity index (χ0n) is 14.4. The first-order valence-electron chi connectivity index (χ1n) is 9.14. The third-order valence-electron chi connectivity index (χ3n) is 5.66. The minimum Gasteiger partial charge on any atom is -0.386 e. The number of hydrogen-bond acceptors (Lipinski definition) is 3. The SMILES string of the molecule is CCCCCC[Si](OC)(OC)N1CCCC2CCCCC21. The molecule has 3 nitrogen and oxygen atoms in total. The van der Waals surface area contributed by atoms with Crippen molar-refractivity contribution in [3.05, 3.63) is 0 Å². The summed E-state index contributed by atoms with van der Waals surface area (Å²) in [5.74, 6) is 0.903. The monoisotopic (exact) mass is 313 g/mol. The lowest BCUT2D eigenvalue weighted by Gasteiger charge is -2.50. The van der Waals surface area contributed by atoms with Crippen LogP contribution >= 0.6 is 0 Å².